The minimum absolute atomic E-state index is 0. The minimum Gasteiger partial charge on any atom is -0.870 e. The monoisotopic (exact) mass is 787 g/mol. The normalized spacial score (nSPS) is 13.5. The molecule has 4 rings (SSSR count). The van der Waals surface area contributed by atoms with Crippen LogP contribution in [0.2, 0.25) is 0 Å². The maximum atomic E-state index is 11.9. The number of aliphatic imine (C=N–C) groups is 2. The fourth-order valence-electron chi connectivity index (χ4n) is 4.68. The molecule has 282 valence electrons. The number of benzene rings is 2. The Labute approximate surface area is 315 Å². The fourth-order valence-corrected chi connectivity index (χ4v) is 4.68. The van der Waals surface area contributed by atoms with Crippen molar-refractivity contribution in [3.8, 4) is 23.0 Å². The smallest absolute Gasteiger partial charge is 0.870 e. The summed E-state index contributed by atoms with van der Waals surface area (Å²) in [5.74, 6) is 0.568. The minimum atomic E-state index is -0.0910. The first-order valence-corrected chi connectivity index (χ1v) is 15.6. The molecule has 4 N–H and O–H groups in total. The van der Waals surface area contributed by atoms with Gasteiger partial charge in [0.25, 0.3) is 0 Å². The molecule has 18 heteroatoms. The van der Waals surface area contributed by atoms with Crippen molar-refractivity contribution in [2.75, 3.05) is 73.2 Å². The average molecular weight is 789 g/mol. The summed E-state index contributed by atoms with van der Waals surface area (Å²) < 4.78 is 10.0. The van der Waals surface area contributed by atoms with Gasteiger partial charge in [0.15, 0.2) is 0 Å². The van der Waals surface area contributed by atoms with Crippen LogP contribution in [0.1, 0.15) is 56.6 Å². The second kappa shape index (κ2) is 36.7. The summed E-state index contributed by atoms with van der Waals surface area (Å²) in [5, 5.41) is 31.3. The van der Waals surface area contributed by atoms with E-state index in [4.69, 9.17) is 36.7 Å². The molecule has 50 heavy (non-hydrogen) atoms. The number of likely N-dealkylation sites (tertiary alicyclic amines) is 2. The van der Waals surface area contributed by atoms with Crippen molar-refractivity contribution in [3.05, 3.63) is 79.5 Å². The number of hydrogen-bond acceptors (Lipinski definition) is 9. The molecule has 16 nitrogen and oxygen atoms in total. The van der Waals surface area contributed by atoms with Crippen molar-refractivity contribution >= 4 is 12.4 Å². The number of aliphatic hydroxyl groups is 1. The summed E-state index contributed by atoms with van der Waals surface area (Å²) >= 11 is 0. The van der Waals surface area contributed by atoms with Crippen molar-refractivity contribution in [1.29, 1.82) is 0 Å². The maximum absolute atomic E-state index is 11.9. The SMILES string of the molecule is CCO.COc1cccc(C=NCCN2CCCCC2)c1[O-].COc1cccc(C=NCCN2CCCCC2)c1[O-].[N-]=[N+]=[N-].[N-]=[N+]=[N-].[Ni+3].[Ni+3].[OH3+]. The number of ether oxygens (including phenoxy) is 2. The molecule has 2 aliphatic rings. The van der Waals surface area contributed by atoms with Gasteiger partial charge >= 0.3 is 33.0 Å². The molecule has 2 aromatic rings. The van der Waals surface area contributed by atoms with Crippen LogP contribution in [0, 0.1) is 0 Å². The number of hydrogen-bond donors (Lipinski definition) is 1. The molecule has 2 saturated heterocycles. The second-order valence-electron chi connectivity index (χ2n) is 10.1. The molecule has 0 spiro atoms. The third-order valence-electron chi connectivity index (χ3n) is 6.91. The van der Waals surface area contributed by atoms with Crippen LogP contribution in [-0.2, 0) is 38.5 Å². The van der Waals surface area contributed by atoms with Crippen molar-refractivity contribution in [2.24, 2.45) is 9.98 Å². The Kier molecular flexibility index (Phi) is 39.1. The van der Waals surface area contributed by atoms with E-state index >= 15 is 0 Å². The van der Waals surface area contributed by atoms with E-state index in [-0.39, 0.29) is 56.6 Å². The number of rotatable bonds is 10. The van der Waals surface area contributed by atoms with Gasteiger partial charge in [0.1, 0.15) is 11.5 Å². The van der Waals surface area contributed by atoms with Crippen molar-refractivity contribution in [3.63, 3.8) is 0 Å². The predicted molar refractivity (Wildman–Crippen MR) is 188 cm³/mol. The molecule has 0 atom stereocenters. The van der Waals surface area contributed by atoms with Gasteiger partial charge in [-0.05, 0) is 82.0 Å². The zero-order chi connectivity index (χ0) is 35.1. The Morgan fingerprint density at radius 2 is 1.00 bits per heavy atom. The van der Waals surface area contributed by atoms with E-state index in [1.807, 2.05) is 12.1 Å². The van der Waals surface area contributed by atoms with E-state index in [1.54, 1.807) is 43.6 Å². The quantitative estimate of drug-likeness (QED) is 0.0916. The molecule has 2 radical (unpaired) electrons. The zero-order valence-electron chi connectivity index (χ0n) is 29.0. The topological polar surface area (TPSA) is 266 Å². The van der Waals surface area contributed by atoms with E-state index in [2.05, 4.69) is 19.8 Å². The van der Waals surface area contributed by atoms with Gasteiger partial charge < -0.3 is 62.2 Å². The van der Waals surface area contributed by atoms with Gasteiger partial charge in [-0.3, -0.25) is 19.8 Å². The van der Waals surface area contributed by atoms with Crippen LogP contribution < -0.4 is 19.7 Å². The molecule has 0 aliphatic carbocycles. The van der Waals surface area contributed by atoms with Crippen LogP contribution in [-0.4, -0.2) is 101 Å². The number of nitrogens with zero attached hydrogens (tertiary/aromatic N) is 10. The molecule has 0 saturated carbocycles. The van der Waals surface area contributed by atoms with Gasteiger partial charge in [-0.1, -0.05) is 48.6 Å². The van der Waals surface area contributed by atoms with Gasteiger partial charge in [-0.2, -0.15) is 0 Å². The summed E-state index contributed by atoms with van der Waals surface area (Å²) in [6.45, 7) is 10.1. The first-order chi connectivity index (χ1) is 22.9. The predicted octanol–water partition coefficient (Wildman–Crippen LogP) is 4.15. The van der Waals surface area contributed by atoms with Crippen LogP contribution in [0.3, 0.4) is 0 Å². The number of aliphatic hydroxyl groups excluding tert-OH is 1. The van der Waals surface area contributed by atoms with Gasteiger partial charge in [-0.25, -0.2) is 0 Å². The van der Waals surface area contributed by atoms with Crippen molar-refractivity contribution in [1.82, 2.24) is 9.80 Å². The molecule has 0 amide bonds. The molecule has 2 aromatic carbocycles. The summed E-state index contributed by atoms with van der Waals surface area (Å²) in [6.07, 6.45) is 11.2. The van der Waals surface area contributed by atoms with E-state index in [0.717, 1.165) is 26.2 Å². The van der Waals surface area contributed by atoms with E-state index in [0.29, 0.717) is 22.6 Å². The molecule has 0 unspecified atom stereocenters. The largest absolute Gasteiger partial charge is 3.00 e. The summed E-state index contributed by atoms with van der Waals surface area (Å²) in [5.41, 5.74) is 28.2. The summed E-state index contributed by atoms with van der Waals surface area (Å²) in [4.78, 5) is 16.6. The molecular formula is C32H51N10Ni2O6+3. The van der Waals surface area contributed by atoms with Crippen LogP contribution in [0.25, 0.3) is 31.9 Å². The van der Waals surface area contributed by atoms with Gasteiger partial charge in [0.05, 0.1) is 27.3 Å². The number of piperidine rings is 2. The zero-order valence-corrected chi connectivity index (χ0v) is 31.0. The number of methoxy groups -OCH3 is 2. The molecule has 2 fully saturated rings. The molecule has 2 heterocycles. The Morgan fingerprint density at radius 1 is 0.700 bits per heavy atom. The Bertz CT molecular complexity index is 1140. The Balaban J connectivity index is -0.000000326. The summed E-state index contributed by atoms with van der Waals surface area (Å²) in [7, 11) is 3.02. The average Bonchev–Trinajstić information content (AvgIpc) is 3.09. The van der Waals surface area contributed by atoms with Crippen molar-refractivity contribution in [2.45, 2.75) is 45.4 Å². The summed E-state index contributed by atoms with van der Waals surface area (Å²) in [6, 6.07) is 10.5. The van der Waals surface area contributed by atoms with Gasteiger partial charge in [0.2, 0.25) is 0 Å². The first kappa shape index (κ1) is 53.2. The van der Waals surface area contributed by atoms with Crippen LogP contribution in [0.5, 0.6) is 23.0 Å². The molecule has 0 bridgehead atoms. The Morgan fingerprint density at radius 3 is 1.28 bits per heavy atom. The third-order valence-corrected chi connectivity index (χ3v) is 6.91. The first-order valence-electron chi connectivity index (χ1n) is 15.6. The standard InChI is InChI=1S/2C15H22N2O2.C2H6O.2N3.2Ni.H2O/c2*1-19-14-7-5-6-13(15(14)18)12-16-8-11-17-9-3-2-4-10-17;1-2-3;2*1-3-2;;;/h2*5-7,12,18H,2-4,8-11H2,1H3;3H,2H2,1H3;;;;;1H2/q;;;2*-1;2*+3;/p-1. The van der Waals surface area contributed by atoms with E-state index in [9.17, 15) is 10.2 Å². The number of para-hydroxylation sites is 2. The maximum Gasteiger partial charge on any atom is 3.00 e. The van der Waals surface area contributed by atoms with E-state index < -0.39 is 0 Å². The Hall–Kier alpha value is -3.57. The molecule has 2 aliphatic heterocycles. The van der Waals surface area contributed by atoms with Crippen molar-refractivity contribution < 1.29 is 63.3 Å². The molecule has 0 aromatic heterocycles. The second-order valence-corrected chi connectivity index (χ2v) is 10.1. The fraction of sp³-hybridized carbons (Fsp3) is 0.562. The third kappa shape index (κ3) is 24.5. The van der Waals surface area contributed by atoms with Crippen LogP contribution in [0.15, 0.2) is 46.4 Å². The van der Waals surface area contributed by atoms with Crippen LogP contribution in [0.4, 0.5) is 0 Å². The van der Waals surface area contributed by atoms with E-state index in [1.165, 1.54) is 88.7 Å². The molecular weight excluding hydrogens is 738 g/mol. The van der Waals surface area contributed by atoms with Gasteiger partial charge in [-0.15, -0.1) is 0 Å². The van der Waals surface area contributed by atoms with Crippen LogP contribution >= 0.6 is 0 Å². The van der Waals surface area contributed by atoms with Gasteiger partial charge in [0, 0.05) is 32.1 Å².